The number of nitrogens with one attached hydrogen (secondary N) is 1. The van der Waals surface area contributed by atoms with E-state index in [1.165, 1.54) is 11.8 Å². The van der Waals surface area contributed by atoms with Gasteiger partial charge in [-0.1, -0.05) is 5.16 Å². The van der Waals surface area contributed by atoms with Crippen LogP contribution in [-0.2, 0) is 11.3 Å². The van der Waals surface area contributed by atoms with Crippen molar-refractivity contribution in [3.8, 4) is 0 Å². The molecule has 2 aliphatic heterocycles. The van der Waals surface area contributed by atoms with E-state index in [-0.39, 0.29) is 11.5 Å². The van der Waals surface area contributed by atoms with E-state index in [2.05, 4.69) is 15.4 Å². The number of aromatic nitrogens is 1. The molecule has 1 amide bonds. The van der Waals surface area contributed by atoms with Gasteiger partial charge in [0.05, 0.1) is 24.2 Å². The molecule has 2 aliphatic rings. The van der Waals surface area contributed by atoms with Crippen LogP contribution >= 0.6 is 0 Å². The first-order chi connectivity index (χ1) is 12.5. The Bertz CT molecular complexity index is 732. The molecule has 0 aromatic carbocycles. The van der Waals surface area contributed by atoms with E-state index in [0.29, 0.717) is 24.8 Å². The molecule has 2 fully saturated rings. The van der Waals surface area contributed by atoms with Crippen molar-refractivity contribution in [1.29, 1.82) is 0 Å². The van der Waals surface area contributed by atoms with Gasteiger partial charge in [0.25, 0.3) is 5.91 Å². The lowest BCUT2D eigenvalue weighted by Gasteiger charge is -2.53. The van der Waals surface area contributed by atoms with Crippen LogP contribution in [0.25, 0.3) is 0 Å². The summed E-state index contributed by atoms with van der Waals surface area (Å²) in [5.41, 5.74) is 2.15. The van der Waals surface area contributed by atoms with Gasteiger partial charge < -0.3 is 19.0 Å². The number of nitrogens with zero attached hydrogens (tertiary/aromatic N) is 2. The molecule has 1 atom stereocenters. The lowest BCUT2D eigenvalue weighted by molar-refractivity contribution is -0.181. The molecular formula is C19H25N3O4. The number of hydrogen-bond donors (Lipinski definition) is 1. The maximum Gasteiger partial charge on any atom is 0.286 e. The molecule has 140 valence electrons. The summed E-state index contributed by atoms with van der Waals surface area (Å²) in [5, 5.41) is 6.95. The van der Waals surface area contributed by atoms with Crippen LogP contribution < -0.4 is 5.32 Å². The van der Waals surface area contributed by atoms with Crippen molar-refractivity contribution in [3.63, 3.8) is 0 Å². The van der Waals surface area contributed by atoms with Crippen molar-refractivity contribution >= 4 is 5.91 Å². The molecule has 4 rings (SSSR count). The number of carbonyl (C=O) groups excluding carboxylic acids is 1. The lowest BCUT2D eigenvalue weighted by atomic mass is 9.82. The Labute approximate surface area is 152 Å². The topological polar surface area (TPSA) is 80.7 Å². The zero-order chi connectivity index (χ0) is 18.1. The third kappa shape index (κ3) is 3.41. The number of aryl methyl sites for hydroxylation is 2. The number of ether oxygens (including phenoxy) is 1. The van der Waals surface area contributed by atoms with Gasteiger partial charge in [-0.2, -0.15) is 0 Å². The molecule has 0 saturated carbocycles. The Morgan fingerprint density at radius 1 is 1.42 bits per heavy atom. The lowest BCUT2D eigenvalue weighted by Crippen LogP contribution is -2.64. The maximum atomic E-state index is 11.9. The highest BCUT2D eigenvalue weighted by molar-refractivity contribution is 5.91. The number of carbonyl (C=O) groups is 1. The third-order valence-corrected chi connectivity index (χ3v) is 5.52. The standard InChI is InChI=1S/C19H25N3O4/c1-13-16(14(2)26-21-13)9-22-11-19(12-22)6-5-15(10-25-19)8-20-18(23)17-4-3-7-24-17/h3-4,7,15H,5-6,8-12H2,1-2H3,(H,20,23). The fraction of sp³-hybridized carbons (Fsp3) is 0.579. The van der Waals surface area contributed by atoms with Crippen LogP contribution in [0, 0.1) is 19.8 Å². The first kappa shape index (κ1) is 17.3. The minimum Gasteiger partial charge on any atom is -0.459 e. The largest absolute Gasteiger partial charge is 0.459 e. The van der Waals surface area contributed by atoms with Crippen molar-refractivity contribution in [3.05, 3.63) is 41.2 Å². The average molecular weight is 359 g/mol. The molecule has 0 radical (unpaired) electrons. The molecule has 1 N–H and O–H groups in total. The second-order valence-corrected chi connectivity index (χ2v) is 7.53. The minimum atomic E-state index is -0.162. The second-order valence-electron chi connectivity index (χ2n) is 7.53. The fourth-order valence-electron chi connectivity index (χ4n) is 3.89. The van der Waals surface area contributed by atoms with Crippen LogP contribution in [0.3, 0.4) is 0 Å². The Morgan fingerprint density at radius 2 is 2.27 bits per heavy atom. The molecule has 0 aliphatic carbocycles. The summed E-state index contributed by atoms with van der Waals surface area (Å²) in [4.78, 5) is 14.3. The molecule has 4 heterocycles. The number of furan rings is 1. The Balaban J connectivity index is 1.20. The van der Waals surface area contributed by atoms with Gasteiger partial charge >= 0.3 is 0 Å². The first-order valence-electron chi connectivity index (χ1n) is 9.14. The van der Waals surface area contributed by atoms with Crippen molar-refractivity contribution in [2.45, 2.75) is 38.8 Å². The first-order valence-corrected chi connectivity index (χ1v) is 9.14. The van der Waals surface area contributed by atoms with Crippen LogP contribution in [0.5, 0.6) is 0 Å². The zero-order valence-corrected chi connectivity index (χ0v) is 15.3. The van der Waals surface area contributed by atoms with Crippen molar-refractivity contribution in [2.75, 3.05) is 26.2 Å². The normalized spacial score (nSPS) is 22.3. The molecule has 1 unspecified atom stereocenters. The SMILES string of the molecule is Cc1noc(C)c1CN1CC2(CCC(CNC(=O)c3ccco3)CO2)C1. The Kier molecular flexibility index (Phi) is 4.58. The monoisotopic (exact) mass is 359 g/mol. The third-order valence-electron chi connectivity index (χ3n) is 5.52. The van der Waals surface area contributed by atoms with Crippen molar-refractivity contribution in [1.82, 2.24) is 15.4 Å². The summed E-state index contributed by atoms with van der Waals surface area (Å²) in [6.07, 6.45) is 3.61. The van der Waals surface area contributed by atoms with E-state index in [1.54, 1.807) is 12.1 Å². The summed E-state index contributed by atoms with van der Waals surface area (Å²) >= 11 is 0. The van der Waals surface area contributed by atoms with Crippen LogP contribution in [0.2, 0.25) is 0 Å². The van der Waals surface area contributed by atoms with Gasteiger partial charge in [-0.05, 0) is 44.7 Å². The van der Waals surface area contributed by atoms with Crippen LogP contribution in [0.1, 0.15) is 40.4 Å². The molecule has 2 aromatic heterocycles. The number of amides is 1. The summed E-state index contributed by atoms with van der Waals surface area (Å²) in [5.74, 6) is 1.45. The molecular weight excluding hydrogens is 334 g/mol. The van der Waals surface area contributed by atoms with Gasteiger partial charge in [0.1, 0.15) is 5.76 Å². The Morgan fingerprint density at radius 3 is 2.88 bits per heavy atom. The second kappa shape index (κ2) is 6.89. The molecule has 1 spiro atoms. The van der Waals surface area contributed by atoms with Crippen molar-refractivity contribution in [2.24, 2.45) is 5.92 Å². The Hall–Kier alpha value is -2.12. The number of likely N-dealkylation sites (tertiary alicyclic amines) is 1. The van der Waals surface area contributed by atoms with E-state index in [0.717, 1.165) is 43.9 Å². The summed E-state index contributed by atoms with van der Waals surface area (Å²) < 4.78 is 16.5. The molecule has 26 heavy (non-hydrogen) atoms. The van der Waals surface area contributed by atoms with Gasteiger partial charge in [0, 0.05) is 31.7 Å². The molecule has 0 bridgehead atoms. The summed E-state index contributed by atoms with van der Waals surface area (Å²) in [7, 11) is 0. The van der Waals surface area contributed by atoms with Gasteiger partial charge in [-0.3, -0.25) is 9.69 Å². The number of rotatable bonds is 5. The zero-order valence-electron chi connectivity index (χ0n) is 15.3. The van der Waals surface area contributed by atoms with Gasteiger partial charge in [-0.25, -0.2) is 0 Å². The predicted octanol–water partition coefficient (Wildman–Crippen LogP) is 2.30. The van der Waals surface area contributed by atoms with E-state index in [4.69, 9.17) is 13.7 Å². The highest BCUT2D eigenvalue weighted by Gasteiger charge is 2.46. The average Bonchev–Trinajstić information content (AvgIpc) is 3.25. The predicted molar refractivity (Wildman–Crippen MR) is 93.7 cm³/mol. The molecule has 2 saturated heterocycles. The van der Waals surface area contributed by atoms with Crippen LogP contribution in [0.15, 0.2) is 27.3 Å². The fourth-order valence-corrected chi connectivity index (χ4v) is 3.89. The highest BCUT2D eigenvalue weighted by atomic mass is 16.5. The van der Waals surface area contributed by atoms with Crippen LogP contribution in [-0.4, -0.2) is 47.8 Å². The highest BCUT2D eigenvalue weighted by Crippen LogP contribution is 2.37. The minimum absolute atomic E-state index is 0.0134. The summed E-state index contributed by atoms with van der Waals surface area (Å²) in [6, 6.07) is 3.39. The maximum absolute atomic E-state index is 11.9. The quantitative estimate of drug-likeness (QED) is 0.882. The summed E-state index contributed by atoms with van der Waals surface area (Å²) in [6.45, 7) is 8.03. The van der Waals surface area contributed by atoms with Crippen LogP contribution in [0.4, 0.5) is 0 Å². The van der Waals surface area contributed by atoms with E-state index >= 15 is 0 Å². The number of hydrogen-bond acceptors (Lipinski definition) is 6. The van der Waals surface area contributed by atoms with E-state index in [1.807, 2.05) is 13.8 Å². The van der Waals surface area contributed by atoms with Gasteiger partial charge in [0.2, 0.25) is 0 Å². The smallest absolute Gasteiger partial charge is 0.286 e. The molecule has 7 heteroatoms. The molecule has 7 nitrogen and oxygen atoms in total. The van der Waals surface area contributed by atoms with Gasteiger partial charge in [-0.15, -0.1) is 0 Å². The van der Waals surface area contributed by atoms with E-state index < -0.39 is 0 Å². The van der Waals surface area contributed by atoms with E-state index in [9.17, 15) is 4.79 Å². The van der Waals surface area contributed by atoms with Gasteiger partial charge in [0.15, 0.2) is 5.76 Å². The molecule has 2 aromatic rings. The van der Waals surface area contributed by atoms with Crippen molar-refractivity contribution < 1.29 is 18.5 Å².